The first-order valence-electron chi connectivity index (χ1n) is 7.17. The highest BCUT2D eigenvalue weighted by molar-refractivity contribution is 7.89. The first kappa shape index (κ1) is 16.7. The summed E-state index contributed by atoms with van der Waals surface area (Å²) in [7, 11) is -3.72. The maximum absolute atomic E-state index is 12.5. The Kier molecular flexibility index (Phi) is 5.33. The summed E-state index contributed by atoms with van der Waals surface area (Å²) in [5.41, 5.74) is 0.809. The number of hydrogen-bond donors (Lipinski definition) is 3. The second-order valence-electron chi connectivity index (χ2n) is 5.38. The predicted octanol–water partition coefficient (Wildman–Crippen LogP) is 1.94. The van der Waals surface area contributed by atoms with E-state index in [9.17, 15) is 13.5 Å². The maximum Gasteiger partial charge on any atom is 0.258 e. The maximum atomic E-state index is 12.5. The minimum Gasteiger partial charge on any atom is -0.396 e. The van der Waals surface area contributed by atoms with Gasteiger partial charge in [-0.25, -0.2) is 18.1 Å². The molecule has 3 N–H and O–H groups in total. The second kappa shape index (κ2) is 7.04. The molecule has 7 heteroatoms. The van der Waals surface area contributed by atoms with Crippen LogP contribution in [0.3, 0.4) is 0 Å². The number of sulfonamides is 1. The van der Waals surface area contributed by atoms with Crippen LogP contribution >= 0.6 is 0 Å². The fraction of sp³-hybridized carbons (Fsp3) is 0.400. The molecular formula is C15H21N3O3S. The second-order valence-corrected chi connectivity index (χ2v) is 7.07. The van der Waals surface area contributed by atoms with E-state index in [1.54, 1.807) is 0 Å². The zero-order valence-corrected chi connectivity index (χ0v) is 13.5. The first-order valence-corrected chi connectivity index (χ1v) is 8.65. The number of aromatic amines is 1. The standard InChI is InChI=1S/C15H21N3O3S/c1-11(2)15-16-10-14(17-15)22(20,21)18-13(8-9-19)12-6-4-3-5-7-12/h3-7,10-11,13,18-19H,8-9H2,1-2H3,(H,16,17)/t13-/m1/s1. The zero-order chi connectivity index (χ0) is 16.2. The summed E-state index contributed by atoms with van der Waals surface area (Å²) in [6.45, 7) is 3.75. The number of aromatic nitrogens is 2. The van der Waals surface area contributed by atoms with Gasteiger partial charge in [-0.1, -0.05) is 44.2 Å². The van der Waals surface area contributed by atoms with E-state index in [1.165, 1.54) is 6.20 Å². The smallest absolute Gasteiger partial charge is 0.258 e. The van der Waals surface area contributed by atoms with Crippen molar-refractivity contribution in [2.75, 3.05) is 6.61 Å². The minimum absolute atomic E-state index is 0.0371. The molecule has 0 aliphatic heterocycles. The topological polar surface area (TPSA) is 95.1 Å². The highest BCUT2D eigenvalue weighted by atomic mass is 32.2. The normalized spacial score (nSPS) is 13.5. The molecule has 0 fully saturated rings. The van der Waals surface area contributed by atoms with Gasteiger partial charge in [-0.15, -0.1) is 0 Å². The van der Waals surface area contributed by atoms with E-state index in [4.69, 9.17) is 0 Å². The lowest BCUT2D eigenvalue weighted by molar-refractivity contribution is 0.272. The van der Waals surface area contributed by atoms with Crippen molar-refractivity contribution in [3.8, 4) is 0 Å². The van der Waals surface area contributed by atoms with Gasteiger partial charge < -0.3 is 10.1 Å². The molecule has 0 bridgehead atoms. The molecule has 1 atom stereocenters. The molecule has 0 radical (unpaired) electrons. The molecule has 2 aromatic rings. The van der Waals surface area contributed by atoms with Crippen molar-refractivity contribution < 1.29 is 13.5 Å². The van der Waals surface area contributed by atoms with Crippen molar-refractivity contribution in [3.63, 3.8) is 0 Å². The quantitative estimate of drug-likeness (QED) is 0.725. The molecule has 2 rings (SSSR count). The van der Waals surface area contributed by atoms with Gasteiger partial charge in [0.1, 0.15) is 5.82 Å². The Hall–Kier alpha value is -1.70. The highest BCUT2D eigenvalue weighted by Crippen LogP contribution is 2.20. The van der Waals surface area contributed by atoms with Gasteiger partial charge in [0.15, 0.2) is 5.03 Å². The Morgan fingerprint density at radius 3 is 2.50 bits per heavy atom. The summed E-state index contributed by atoms with van der Waals surface area (Å²) < 4.78 is 27.5. The molecule has 120 valence electrons. The minimum atomic E-state index is -3.72. The number of nitrogens with zero attached hydrogens (tertiary/aromatic N) is 1. The Balaban J connectivity index is 2.24. The molecule has 22 heavy (non-hydrogen) atoms. The van der Waals surface area contributed by atoms with Crippen molar-refractivity contribution in [1.29, 1.82) is 0 Å². The Morgan fingerprint density at radius 1 is 1.27 bits per heavy atom. The van der Waals surface area contributed by atoms with Crippen molar-refractivity contribution in [3.05, 3.63) is 47.9 Å². The third-order valence-electron chi connectivity index (χ3n) is 3.33. The van der Waals surface area contributed by atoms with E-state index in [1.807, 2.05) is 44.2 Å². The molecule has 0 spiro atoms. The van der Waals surface area contributed by atoms with Gasteiger partial charge in [-0.3, -0.25) is 0 Å². The van der Waals surface area contributed by atoms with Gasteiger partial charge in [-0.05, 0) is 12.0 Å². The van der Waals surface area contributed by atoms with Crippen LogP contribution in [-0.4, -0.2) is 30.1 Å². The lowest BCUT2D eigenvalue weighted by Crippen LogP contribution is -2.29. The monoisotopic (exact) mass is 323 g/mol. The van der Waals surface area contributed by atoms with E-state index in [2.05, 4.69) is 14.7 Å². The first-order chi connectivity index (χ1) is 10.4. The molecule has 6 nitrogen and oxygen atoms in total. The SMILES string of the molecule is CC(C)c1ncc(S(=O)(=O)N[C@H](CCO)c2ccccc2)[nH]1. The summed E-state index contributed by atoms with van der Waals surface area (Å²) in [6.07, 6.45) is 1.62. The van der Waals surface area contributed by atoms with Gasteiger partial charge in [-0.2, -0.15) is 0 Å². The number of benzene rings is 1. The number of H-pyrrole nitrogens is 1. The van der Waals surface area contributed by atoms with E-state index >= 15 is 0 Å². The predicted molar refractivity (Wildman–Crippen MR) is 83.9 cm³/mol. The summed E-state index contributed by atoms with van der Waals surface area (Å²) in [4.78, 5) is 6.91. The van der Waals surface area contributed by atoms with E-state index in [0.717, 1.165) is 5.56 Å². The number of aliphatic hydroxyl groups excluding tert-OH is 1. The number of hydrogen-bond acceptors (Lipinski definition) is 4. The molecule has 0 aliphatic carbocycles. The van der Waals surface area contributed by atoms with Crippen molar-refractivity contribution in [1.82, 2.24) is 14.7 Å². The number of rotatable bonds is 7. The molecule has 0 unspecified atom stereocenters. The van der Waals surface area contributed by atoms with Gasteiger partial charge in [0.2, 0.25) is 0 Å². The van der Waals surface area contributed by atoms with Crippen LogP contribution in [0, 0.1) is 0 Å². The van der Waals surface area contributed by atoms with Crippen LogP contribution < -0.4 is 4.72 Å². The lowest BCUT2D eigenvalue weighted by atomic mass is 10.1. The fourth-order valence-corrected chi connectivity index (χ4v) is 3.29. The zero-order valence-electron chi connectivity index (χ0n) is 12.7. The van der Waals surface area contributed by atoms with Gasteiger partial charge in [0.25, 0.3) is 10.0 Å². The Labute approximate surface area is 130 Å². The third kappa shape index (κ3) is 3.94. The van der Waals surface area contributed by atoms with Crippen LogP contribution in [-0.2, 0) is 10.0 Å². The van der Waals surface area contributed by atoms with Gasteiger partial charge in [0, 0.05) is 18.6 Å². The third-order valence-corrected chi connectivity index (χ3v) is 4.71. The van der Waals surface area contributed by atoms with Crippen molar-refractivity contribution in [2.24, 2.45) is 0 Å². The summed E-state index contributed by atoms with van der Waals surface area (Å²) in [6, 6.07) is 8.70. The van der Waals surface area contributed by atoms with E-state index in [0.29, 0.717) is 12.2 Å². The number of imidazole rings is 1. The highest BCUT2D eigenvalue weighted by Gasteiger charge is 2.23. The van der Waals surface area contributed by atoms with Crippen molar-refractivity contribution in [2.45, 2.75) is 37.3 Å². The van der Waals surface area contributed by atoms with E-state index in [-0.39, 0.29) is 17.6 Å². The van der Waals surface area contributed by atoms with Crippen LogP contribution in [0.15, 0.2) is 41.6 Å². The summed E-state index contributed by atoms with van der Waals surface area (Å²) >= 11 is 0. The number of aliphatic hydroxyl groups is 1. The summed E-state index contributed by atoms with van der Waals surface area (Å²) in [5.74, 6) is 0.741. The lowest BCUT2D eigenvalue weighted by Gasteiger charge is -2.17. The fourth-order valence-electron chi connectivity index (χ4n) is 2.11. The average molecular weight is 323 g/mol. The van der Waals surface area contributed by atoms with Crippen molar-refractivity contribution >= 4 is 10.0 Å². The molecule has 1 aromatic heterocycles. The molecular weight excluding hydrogens is 302 g/mol. The molecule has 1 aromatic carbocycles. The van der Waals surface area contributed by atoms with Gasteiger partial charge >= 0.3 is 0 Å². The van der Waals surface area contributed by atoms with Crippen LogP contribution in [0.1, 0.15) is 43.6 Å². The molecule has 0 saturated heterocycles. The molecule has 0 saturated carbocycles. The van der Waals surface area contributed by atoms with Crippen LogP contribution in [0.25, 0.3) is 0 Å². The largest absolute Gasteiger partial charge is 0.396 e. The van der Waals surface area contributed by atoms with Crippen LogP contribution in [0.5, 0.6) is 0 Å². The molecule has 1 heterocycles. The van der Waals surface area contributed by atoms with Crippen LogP contribution in [0.2, 0.25) is 0 Å². The average Bonchev–Trinajstić information content (AvgIpc) is 2.98. The molecule has 0 aliphatic rings. The number of nitrogens with one attached hydrogen (secondary N) is 2. The van der Waals surface area contributed by atoms with E-state index < -0.39 is 16.1 Å². The summed E-state index contributed by atoms with van der Waals surface area (Å²) in [5, 5.41) is 9.22. The Morgan fingerprint density at radius 2 is 1.95 bits per heavy atom. The Bertz CT molecular complexity index is 696. The van der Waals surface area contributed by atoms with Gasteiger partial charge in [0.05, 0.1) is 6.20 Å². The molecule has 0 amide bonds. The van der Waals surface area contributed by atoms with Crippen LogP contribution in [0.4, 0.5) is 0 Å².